The molecule has 3 heteroatoms. The summed E-state index contributed by atoms with van der Waals surface area (Å²) in [6.45, 7) is 3.84. The van der Waals surface area contributed by atoms with Crippen LogP contribution in [0.2, 0.25) is 0 Å². The lowest BCUT2D eigenvalue weighted by Crippen LogP contribution is -2.43. The van der Waals surface area contributed by atoms with Crippen LogP contribution >= 0.6 is 22.6 Å². The van der Waals surface area contributed by atoms with Gasteiger partial charge in [-0.2, -0.15) is 0 Å². The minimum Gasteiger partial charge on any atom is -0.377 e. The van der Waals surface area contributed by atoms with Gasteiger partial charge in [-0.05, 0) is 6.92 Å². The largest absolute Gasteiger partial charge is 0.377 e. The highest BCUT2D eigenvalue weighted by Gasteiger charge is 2.13. The van der Waals surface area contributed by atoms with Crippen molar-refractivity contribution in [1.29, 1.82) is 0 Å². The van der Waals surface area contributed by atoms with Crippen molar-refractivity contribution in [3.8, 4) is 0 Å². The Bertz CT molecular complexity index is 70.8. The van der Waals surface area contributed by atoms with Gasteiger partial charge in [0.1, 0.15) is 0 Å². The molecule has 0 saturated carbocycles. The van der Waals surface area contributed by atoms with Crippen LogP contribution in [-0.2, 0) is 4.74 Å². The van der Waals surface area contributed by atoms with E-state index in [2.05, 4.69) is 34.8 Å². The third-order valence-electron chi connectivity index (χ3n) is 1.10. The van der Waals surface area contributed by atoms with Crippen LogP contribution in [0.4, 0.5) is 0 Å². The first kappa shape index (κ1) is 6.77. The van der Waals surface area contributed by atoms with Gasteiger partial charge in [-0.25, -0.2) is 0 Å². The fourth-order valence-electron chi connectivity index (χ4n) is 0.753. The predicted molar refractivity (Wildman–Crippen MR) is 41.2 cm³/mol. The average molecular weight is 227 g/mol. The van der Waals surface area contributed by atoms with E-state index in [1.165, 1.54) is 0 Å². The molecule has 2 atom stereocenters. The fourth-order valence-corrected chi connectivity index (χ4v) is 1.62. The van der Waals surface area contributed by atoms with Crippen LogP contribution in [0.25, 0.3) is 0 Å². The van der Waals surface area contributed by atoms with Crippen LogP contribution in [0.3, 0.4) is 0 Å². The van der Waals surface area contributed by atoms with Gasteiger partial charge in [-0.3, -0.25) is 5.32 Å². The highest BCUT2D eigenvalue weighted by atomic mass is 127. The first-order valence-corrected chi connectivity index (χ1v) is 4.01. The summed E-state index contributed by atoms with van der Waals surface area (Å²) in [6, 6.07) is 0.533. The van der Waals surface area contributed by atoms with E-state index in [1.807, 2.05) is 0 Å². The molecule has 0 amide bonds. The minimum absolute atomic E-state index is 0.511. The van der Waals surface area contributed by atoms with Crippen molar-refractivity contribution in [3.63, 3.8) is 0 Å². The van der Waals surface area contributed by atoms with E-state index in [-0.39, 0.29) is 0 Å². The monoisotopic (exact) mass is 227 g/mol. The molecule has 0 radical (unpaired) electrons. The average Bonchev–Trinajstić information content (AvgIpc) is 1.64. The lowest BCUT2D eigenvalue weighted by Gasteiger charge is -2.24. The van der Waals surface area contributed by atoms with Gasteiger partial charge < -0.3 is 4.74 Å². The Hall–Kier alpha value is 0.650. The molecule has 1 heterocycles. The molecule has 0 aromatic carbocycles. The van der Waals surface area contributed by atoms with Crippen LogP contribution in [0.5, 0.6) is 0 Å². The number of morpholine rings is 1. The molecule has 0 unspecified atom stereocenters. The van der Waals surface area contributed by atoms with Crippen LogP contribution in [-0.4, -0.2) is 23.3 Å². The smallest absolute Gasteiger partial charge is 0.0833 e. The second-order valence-corrected chi connectivity index (χ2v) is 3.58. The maximum Gasteiger partial charge on any atom is 0.0833 e. The second-order valence-electron chi connectivity index (χ2n) is 2.07. The highest BCUT2D eigenvalue weighted by Crippen LogP contribution is 2.04. The van der Waals surface area contributed by atoms with Crippen molar-refractivity contribution in [3.05, 3.63) is 0 Å². The van der Waals surface area contributed by atoms with Gasteiger partial charge in [-0.15, -0.1) is 0 Å². The van der Waals surface area contributed by atoms with E-state index in [1.54, 1.807) is 0 Å². The van der Waals surface area contributed by atoms with Gasteiger partial charge in [-0.1, -0.05) is 22.6 Å². The Kier molecular flexibility index (Phi) is 2.52. The van der Waals surface area contributed by atoms with Crippen LogP contribution in [0, 0.1) is 0 Å². The number of rotatable bonds is 0. The zero-order valence-corrected chi connectivity index (χ0v) is 7.01. The SMILES string of the molecule is C[C@H]1COC[C@H](I)N1. The molecule has 0 aromatic heterocycles. The first-order chi connectivity index (χ1) is 3.79. The lowest BCUT2D eigenvalue weighted by atomic mass is 10.3. The minimum atomic E-state index is 0.511. The molecule has 1 saturated heterocycles. The molecule has 1 fully saturated rings. The molecular weight excluding hydrogens is 217 g/mol. The zero-order chi connectivity index (χ0) is 5.98. The molecule has 48 valence electrons. The fraction of sp³-hybridized carbons (Fsp3) is 1.00. The number of halogens is 1. The van der Waals surface area contributed by atoms with Gasteiger partial charge in [0.15, 0.2) is 0 Å². The molecule has 1 aliphatic heterocycles. The number of nitrogens with one attached hydrogen (secondary N) is 1. The maximum absolute atomic E-state index is 5.22. The Morgan fingerprint density at radius 2 is 2.38 bits per heavy atom. The summed E-state index contributed by atoms with van der Waals surface area (Å²) in [5, 5.41) is 3.34. The molecular formula is C5H10INO. The Balaban J connectivity index is 2.23. The summed E-state index contributed by atoms with van der Waals surface area (Å²) < 4.78 is 5.73. The van der Waals surface area contributed by atoms with E-state index in [9.17, 15) is 0 Å². The van der Waals surface area contributed by atoms with Crippen LogP contribution in [0.15, 0.2) is 0 Å². The van der Waals surface area contributed by atoms with Gasteiger partial charge in [0.2, 0.25) is 0 Å². The standard InChI is InChI=1S/C5H10INO/c1-4-2-8-3-5(6)7-4/h4-5,7H,2-3H2,1H3/t4-,5+/m0/s1. The van der Waals surface area contributed by atoms with Gasteiger partial charge in [0.25, 0.3) is 0 Å². The van der Waals surface area contributed by atoms with Crippen molar-refractivity contribution in [2.75, 3.05) is 13.2 Å². The number of hydrogen-bond acceptors (Lipinski definition) is 2. The van der Waals surface area contributed by atoms with Gasteiger partial charge in [0, 0.05) is 6.04 Å². The molecule has 1 N–H and O–H groups in total. The summed E-state index contributed by atoms with van der Waals surface area (Å²) in [6.07, 6.45) is 0. The maximum atomic E-state index is 5.22. The van der Waals surface area contributed by atoms with E-state index >= 15 is 0 Å². The quantitative estimate of drug-likeness (QED) is 0.374. The van der Waals surface area contributed by atoms with Crippen LogP contribution < -0.4 is 5.32 Å². The van der Waals surface area contributed by atoms with Gasteiger partial charge in [0.05, 0.1) is 17.3 Å². The van der Waals surface area contributed by atoms with Crippen molar-refractivity contribution in [1.82, 2.24) is 5.32 Å². The van der Waals surface area contributed by atoms with E-state index in [0.717, 1.165) is 13.2 Å². The Morgan fingerprint density at radius 3 is 2.75 bits per heavy atom. The summed E-state index contributed by atoms with van der Waals surface area (Å²) >= 11 is 2.34. The summed E-state index contributed by atoms with van der Waals surface area (Å²) in [5.74, 6) is 0. The number of hydrogen-bond donors (Lipinski definition) is 1. The molecule has 2 nitrogen and oxygen atoms in total. The summed E-state index contributed by atoms with van der Waals surface area (Å²) in [7, 11) is 0. The van der Waals surface area contributed by atoms with E-state index < -0.39 is 0 Å². The normalized spacial score (nSPS) is 39.8. The number of ether oxygens (including phenoxy) is 1. The molecule has 0 aliphatic carbocycles. The van der Waals surface area contributed by atoms with Crippen LogP contribution in [0.1, 0.15) is 6.92 Å². The topological polar surface area (TPSA) is 21.3 Å². The van der Waals surface area contributed by atoms with Crippen molar-refractivity contribution < 1.29 is 4.74 Å². The highest BCUT2D eigenvalue weighted by molar-refractivity contribution is 14.1. The van der Waals surface area contributed by atoms with Crippen molar-refractivity contribution in [2.45, 2.75) is 17.0 Å². The zero-order valence-electron chi connectivity index (χ0n) is 4.86. The molecule has 8 heavy (non-hydrogen) atoms. The lowest BCUT2D eigenvalue weighted by molar-refractivity contribution is 0.0776. The third-order valence-corrected chi connectivity index (χ3v) is 1.82. The molecule has 0 bridgehead atoms. The van der Waals surface area contributed by atoms with Crippen molar-refractivity contribution >= 4 is 22.6 Å². The molecule has 0 spiro atoms. The molecule has 1 rings (SSSR count). The summed E-state index contributed by atoms with van der Waals surface area (Å²) in [5.41, 5.74) is 0. The second kappa shape index (κ2) is 2.98. The molecule has 0 aromatic rings. The third kappa shape index (κ3) is 1.87. The molecule has 1 aliphatic rings. The predicted octanol–water partition coefficient (Wildman–Crippen LogP) is 0.756. The van der Waals surface area contributed by atoms with Crippen molar-refractivity contribution in [2.24, 2.45) is 0 Å². The number of alkyl halides is 1. The summed E-state index contributed by atoms with van der Waals surface area (Å²) in [4.78, 5) is 0. The Morgan fingerprint density at radius 1 is 1.62 bits per heavy atom. The van der Waals surface area contributed by atoms with E-state index in [4.69, 9.17) is 4.74 Å². The Labute approximate surface area is 63.1 Å². The first-order valence-electron chi connectivity index (χ1n) is 2.77. The van der Waals surface area contributed by atoms with E-state index in [0.29, 0.717) is 10.1 Å². The van der Waals surface area contributed by atoms with Gasteiger partial charge >= 0.3 is 0 Å².